The van der Waals surface area contributed by atoms with Crippen molar-refractivity contribution in [3.63, 3.8) is 0 Å². The molecular weight excluding hydrogens is 514 g/mol. The van der Waals surface area contributed by atoms with Gasteiger partial charge in [0, 0.05) is 31.0 Å². The number of hydrogen-bond acceptors (Lipinski definition) is 4. The van der Waals surface area contributed by atoms with Gasteiger partial charge < -0.3 is 9.64 Å². The molecule has 5 rings (SSSR count). The Labute approximate surface area is 216 Å². The van der Waals surface area contributed by atoms with Gasteiger partial charge in [0.1, 0.15) is 17.5 Å². The number of halogens is 6. The minimum atomic E-state index is -4.60. The van der Waals surface area contributed by atoms with Crippen LogP contribution in [0.15, 0.2) is 12.1 Å². The highest BCUT2D eigenvalue weighted by Gasteiger charge is 2.48. The number of piperidine rings is 1. The molecule has 1 amide bonds. The normalized spacial score (nSPS) is 27.4. The van der Waals surface area contributed by atoms with E-state index >= 15 is 0 Å². The van der Waals surface area contributed by atoms with E-state index in [2.05, 4.69) is 10.1 Å². The Balaban J connectivity index is 1.41. The number of carbonyl (C=O) groups excluding carboxylic acids is 1. The van der Waals surface area contributed by atoms with Gasteiger partial charge in [0.05, 0.1) is 0 Å². The number of fused-ring (bicyclic) bond motifs is 3. The highest BCUT2D eigenvalue weighted by Crippen LogP contribution is 2.46. The SMILES string of the molecule is CC(C)(C)OC(=O)N1C[C@H]2CC[C@@H](C1)C2Cc1nc2n(n1)C(C(F)(F)F)CCC2c1ccc(F)c(F)c1F. The number of alkyl halides is 3. The van der Waals surface area contributed by atoms with Gasteiger partial charge in [0.25, 0.3) is 0 Å². The number of benzene rings is 1. The average Bonchev–Trinajstić information content (AvgIpc) is 3.31. The molecule has 6 nitrogen and oxygen atoms in total. The van der Waals surface area contributed by atoms with Crippen LogP contribution in [0.3, 0.4) is 0 Å². The van der Waals surface area contributed by atoms with Gasteiger partial charge in [-0.1, -0.05) is 6.07 Å². The Morgan fingerprint density at radius 3 is 2.26 bits per heavy atom. The molecule has 2 fully saturated rings. The number of likely N-dealkylation sites (tertiary alicyclic amines) is 1. The molecule has 3 unspecified atom stereocenters. The largest absolute Gasteiger partial charge is 0.444 e. The fraction of sp³-hybridized carbons (Fsp3) is 0.654. The smallest absolute Gasteiger partial charge is 0.410 e. The molecule has 2 aliphatic heterocycles. The second-order valence-corrected chi connectivity index (χ2v) is 11.6. The van der Waals surface area contributed by atoms with Crippen molar-refractivity contribution >= 4 is 6.09 Å². The predicted octanol–water partition coefficient (Wildman–Crippen LogP) is 6.16. The molecule has 0 spiro atoms. The van der Waals surface area contributed by atoms with Crippen molar-refractivity contribution in [2.24, 2.45) is 17.8 Å². The molecule has 0 radical (unpaired) electrons. The Kier molecular flexibility index (Phi) is 6.66. The zero-order valence-electron chi connectivity index (χ0n) is 21.4. The third-order valence-corrected chi connectivity index (χ3v) is 7.95. The maximum absolute atomic E-state index is 14.6. The summed E-state index contributed by atoms with van der Waals surface area (Å²) in [7, 11) is 0. The Morgan fingerprint density at radius 1 is 1.00 bits per heavy atom. The van der Waals surface area contributed by atoms with Gasteiger partial charge in [-0.3, -0.25) is 0 Å². The first kappa shape index (κ1) is 26.8. The zero-order valence-corrected chi connectivity index (χ0v) is 21.4. The number of ether oxygens (including phenoxy) is 1. The predicted molar refractivity (Wildman–Crippen MR) is 124 cm³/mol. The van der Waals surface area contributed by atoms with Crippen LogP contribution in [0, 0.1) is 35.2 Å². The fourth-order valence-corrected chi connectivity index (χ4v) is 6.27. The minimum absolute atomic E-state index is 0.0703. The lowest BCUT2D eigenvalue weighted by Crippen LogP contribution is -2.47. The molecule has 38 heavy (non-hydrogen) atoms. The molecule has 1 saturated heterocycles. The second-order valence-electron chi connectivity index (χ2n) is 11.6. The molecule has 12 heteroatoms. The summed E-state index contributed by atoms with van der Waals surface area (Å²) in [6, 6.07) is -0.118. The van der Waals surface area contributed by atoms with Crippen LogP contribution in [0.5, 0.6) is 0 Å². The zero-order chi connectivity index (χ0) is 27.6. The van der Waals surface area contributed by atoms with Crippen molar-refractivity contribution < 1.29 is 35.9 Å². The molecule has 0 N–H and O–H groups in total. The third kappa shape index (κ3) is 4.98. The lowest BCUT2D eigenvalue weighted by Gasteiger charge is -2.38. The summed E-state index contributed by atoms with van der Waals surface area (Å²) in [5.74, 6) is -5.03. The van der Waals surface area contributed by atoms with E-state index in [4.69, 9.17) is 4.74 Å². The fourth-order valence-electron chi connectivity index (χ4n) is 6.27. The van der Waals surface area contributed by atoms with E-state index in [-0.39, 0.29) is 53.9 Å². The van der Waals surface area contributed by atoms with Crippen LogP contribution in [-0.2, 0) is 11.2 Å². The van der Waals surface area contributed by atoms with E-state index in [0.29, 0.717) is 19.5 Å². The summed E-state index contributed by atoms with van der Waals surface area (Å²) in [5.41, 5.74) is -0.860. The lowest BCUT2D eigenvalue weighted by molar-refractivity contribution is -0.175. The van der Waals surface area contributed by atoms with Gasteiger partial charge in [-0.05, 0) is 70.3 Å². The quantitative estimate of drug-likeness (QED) is 0.343. The van der Waals surface area contributed by atoms with Crippen molar-refractivity contribution in [1.82, 2.24) is 19.7 Å². The number of rotatable bonds is 3. The standard InChI is InChI=1S/C26H30F6N4O2/c1-25(2,3)38-24(37)35-11-13-4-5-14(12-35)17(13)10-20-33-23-16(15-6-8-18(27)22(29)21(15)28)7-9-19(26(30,31)32)36(23)34-20/h6,8,13-14,16-17,19H,4-5,7,9-12H2,1-3H3/t13-,14+,16?,17?,19?. The summed E-state index contributed by atoms with van der Waals surface area (Å²) in [4.78, 5) is 18.7. The summed E-state index contributed by atoms with van der Waals surface area (Å²) in [6.07, 6.45) is -3.45. The van der Waals surface area contributed by atoms with E-state index < -0.39 is 41.2 Å². The van der Waals surface area contributed by atoms with E-state index in [1.807, 2.05) is 0 Å². The summed E-state index contributed by atoms with van der Waals surface area (Å²) in [6.45, 7) is 6.36. The number of hydrogen-bond donors (Lipinski definition) is 0. The van der Waals surface area contributed by atoms with Crippen molar-refractivity contribution in [3.05, 3.63) is 46.8 Å². The molecule has 3 aliphatic rings. The number of carbonyl (C=O) groups is 1. The molecule has 5 atom stereocenters. The van der Waals surface area contributed by atoms with Crippen LogP contribution in [-0.4, -0.2) is 50.6 Å². The topological polar surface area (TPSA) is 60.2 Å². The van der Waals surface area contributed by atoms with Gasteiger partial charge in [0.2, 0.25) is 0 Å². The van der Waals surface area contributed by atoms with Gasteiger partial charge in [-0.2, -0.15) is 18.3 Å². The average molecular weight is 545 g/mol. The van der Waals surface area contributed by atoms with Crippen molar-refractivity contribution in [2.45, 2.75) is 76.6 Å². The van der Waals surface area contributed by atoms with E-state index in [0.717, 1.165) is 29.7 Å². The lowest BCUT2D eigenvalue weighted by atomic mass is 9.82. The van der Waals surface area contributed by atoms with Gasteiger partial charge in [-0.25, -0.2) is 27.6 Å². The summed E-state index contributed by atoms with van der Waals surface area (Å²) < 4.78 is 90.0. The Morgan fingerprint density at radius 2 is 1.66 bits per heavy atom. The molecule has 3 heterocycles. The van der Waals surface area contributed by atoms with Crippen LogP contribution in [0.1, 0.15) is 75.6 Å². The molecule has 2 bridgehead atoms. The molecule has 1 aliphatic carbocycles. The number of aromatic nitrogens is 3. The minimum Gasteiger partial charge on any atom is -0.444 e. The summed E-state index contributed by atoms with van der Waals surface area (Å²) >= 11 is 0. The molecule has 1 aromatic carbocycles. The third-order valence-electron chi connectivity index (χ3n) is 7.95. The first-order valence-corrected chi connectivity index (χ1v) is 12.9. The molecular formula is C26H30F6N4O2. The molecule has 208 valence electrons. The second kappa shape index (κ2) is 9.44. The van der Waals surface area contributed by atoms with Crippen LogP contribution >= 0.6 is 0 Å². The van der Waals surface area contributed by atoms with Crippen LogP contribution < -0.4 is 0 Å². The van der Waals surface area contributed by atoms with Crippen LogP contribution in [0.2, 0.25) is 0 Å². The van der Waals surface area contributed by atoms with Gasteiger partial charge in [0.15, 0.2) is 23.3 Å². The first-order chi connectivity index (χ1) is 17.7. The van der Waals surface area contributed by atoms with E-state index in [1.54, 1.807) is 25.7 Å². The van der Waals surface area contributed by atoms with Crippen LogP contribution in [0.4, 0.5) is 31.1 Å². The maximum atomic E-state index is 14.6. The van der Waals surface area contributed by atoms with Gasteiger partial charge >= 0.3 is 12.3 Å². The van der Waals surface area contributed by atoms with Gasteiger partial charge in [-0.15, -0.1) is 0 Å². The number of nitrogens with zero attached hydrogens (tertiary/aromatic N) is 4. The number of amides is 1. The highest BCUT2D eigenvalue weighted by atomic mass is 19.4. The first-order valence-electron chi connectivity index (χ1n) is 12.9. The van der Waals surface area contributed by atoms with Crippen molar-refractivity contribution in [3.8, 4) is 0 Å². The molecule has 1 saturated carbocycles. The maximum Gasteiger partial charge on any atom is 0.410 e. The van der Waals surface area contributed by atoms with E-state index in [1.165, 1.54) is 0 Å². The summed E-state index contributed by atoms with van der Waals surface area (Å²) in [5, 5.41) is 4.23. The molecule has 2 aromatic rings. The highest BCUT2D eigenvalue weighted by molar-refractivity contribution is 5.68. The Bertz CT molecular complexity index is 1210. The van der Waals surface area contributed by atoms with E-state index in [9.17, 15) is 31.1 Å². The monoisotopic (exact) mass is 544 g/mol. The molecule has 1 aromatic heterocycles. The van der Waals surface area contributed by atoms with Crippen LogP contribution in [0.25, 0.3) is 0 Å². The van der Waals surface area contributed by atoms with Crippen molar-refractivity contribution in [1.29, 1.82) is 0 Å². The van der Waals surface area contributed by atoms with Crippen molar-refractivity contribution in [2.75, 3.05) is 13.1 Å². The Hall–Kier alpha value is -2.79.